The van der Waals surface area contributed by atoms with Gasteiger partial charge >= 0.3 is 0 Å². The molecule has 4 nitrogen and oxygen atoms in total. The Morgan fingerprint density at radius 3 is 2.58 bits per heavy atom. The summed E-state index contributed by atoms with van der Waals surface area (Å²) in [5.41, 5.74) is 0.834. The zero-order valence-electron chi connectivity index (χ0n) is 14.2. The molecule has 2 heterocycles. The van der Waals surface area contributed by atoms with Crippen LogP contribution in [0.1, 0.15) is 40.9 Å². The number of hydrogen-bond donors (Lipinski definition) is 1. The molecule has 0 bridgehead atoms. The smallest absolute Gasteiger partial charge is 0.271 e. The van der Waals surface area contributed by atoms with E-state index in [0.717, 1.165) is 16.9 Å². The van der Waals surface area contributed by atoms with Crippen molar-refractivity contribution in [2.75, 3.05) is 0 Å². The molecule has 3 rings (SSSR count). The molecular weight excluding hydrogens is 376 g/mol. The van der Waals surface area contributed by atoms with Crippen LogP contribution in [-0.4, -0.2) is 15.9 Å². The van der Waals surface area contributed by atoms with Crippen molar-refractivity contribution >= 4 is 28.6 Å². The lowest BCUT2D eigenvalue weighted by atomic mass is 10.1. The molecule has 1 aromatic carbocycles. The molecule has 1 atom stereocenters. The van der Waals surface area contributed by atoms with Gasteiger partial charge in [0, 0.05) is 18.1 Å². The van der Waals surface area contributed by atoms with Gasteiger partial charge in [-0.15, -0.1) is 22.7 Å². The number of hydrogen-bond acceptors (Lipinski definition) is 5. The lowest BCUT2D eigenvalue weighted by Gasteiger charge is -2.11. The van der Waals surface area contributed by atoms with E-state index in [2.05, 4.69) is 15.3 Å². The van der Waals surface area contributed by atoms with Crippen molar-refractivity contribution in [1.29, 1.82) is 0 Å². The van der Waals surface area contributed by atoms with Crippen LogP contribution in [-0.2, 0) is 6.54 Å². The minimum atomic E-state index is -1.28. The van der Waals surface area contributed by atoms with Crippen molar-refractivity contribution in [3.05, 3.63) is 57.8 Å². The highest BCUT2D eigenvalue weighted by Gasteiger charge is 2.27. The Labute approximate surface area is 157 Å². The van der Waals surface area contributed by atoms with Gasteiger partial charge in [0.1, 0.15) is 17.7 Å². The lowest BCUT2D eigenvalue weighted by Crippen LogP contribution is -2.24. The molecule has 0 aliphatic carbocycles. The zero-order valence-corrected chi connectivity index (χ0v) is 15.8. The van der Waals surface area contributed by atoms with Crippen LogP contribution in [0.4, 0.5) is 8.78 Å². The Morgan fingerprint density at radius 1 is 1.23 bits per heavy atom. The Hall–Kier alpha value is -2.19. The summed E-state index contributed by atoms with van der Waals surface area (Å²) in [6, 6.07) is 5.83. The van der Waals surface area contributed by atoms with E-state index >= 15 is 0 Å². The van der Waals surface area contributed by atoms with Gasteiger partial charge in [0.05, 0.1) is 4.88 Å². The highest BCUT2D eigenvalue weighted by molar-refractivity contribution is 7.20. The van der Waals surface area contributed by atoms with Gasteiger partial charge in [0.25, 0.3) is 5.91 Å². The fourth-order valence-corrected chi connectivity index (χ4v) is 4.17. The molecule has 0 saturated carbocycles. The van der Waals surface area contributed by atoms with Crippen molar-refractivity contribution in [1.82, 2.24) is 15.3 Å². The molecule has 0 aliphatic rings. The fourth-order valence-electron chi connectivity index (χ4n) is 2.27. The maximum Gasteiger partial charge on any atom is 0.271 e. The fraction of sp³-hybridized carbons (Fsp3) is 0.278. The molecule has 1 unspecified atom stereocenters. The second-order valence-electron chi connectivity index (χ2n) is 6.02. The van der Waals surface area contributed by atoms with Crippen LogP contribution in [0.3, 0.4) is 0 Å². The molecule has 8 heteroatoms. The van der Waals surface area contributed by atoms with Gasteiger partial charge in [-0.2, -0.15) is 0 Å². The van der Waals surface area contributed by atoms with E-state index in [1.165, 1.54) is 23.5 Å². The number of benzene rings is 1. The number of carbonyl (C=O) groups excluding carboxylic acids is 1. The summed E-state index contributed by atoms with van der Waals surface area (Å²) < 4.78 is 27.6. The first-order valence-electron chi connectivity index (χ1n) is 8.03. The average Bonchev–Trinajstić information content (AvgIpc) is 3.29. The van der Waals surface area contributed by atoms with Gasteiger partial charge in [-0.25, -0.2) is 18.7 Å². The number of nitrogens with one attached hydrogen (secondary N) is 1. The van der Waals surface area contributed by atoms with Crippen molar-refractivity contribution in [3.63, 3.8) is 0 Å². The van der Waals surface area contributed by atoms with Crippen LogP contribution in [0.2, 0.25) is 0 Å². The van der Waals surface area contributed by atoms with Crippen LogP contribution < -0.4 is 5.32 Å². The van der Waals surface area contributed by atoms with Crippen molar-refractivity contribution < 1.29 is 13.6 Å². The summed E-state index contributed by atoms with van der Waals surface area (Å²) in [4.78, 5) is 21.4. The number of nitrogens with zero attached hydrogens (tertiary/aromatic N) is 2. The molecule has 0 saturated heterocycles. The highest BCUT2D eigenvalue weighted by atomic mass is 32.1. The summed E-state index contributed by atoms with van der Waals surface area (Å²) in [6.07, 6.45) is 0.359. The van der Waals surface area contributed by atoms with E-state index in [9.17, 15) is 13.6 Å². The largest absolute Gasteiger partial charge is 0.347 e. The molecule has 0 spiro atoms. The number of halogens is 2. The number of thiazole rings is 2. The summed E-state index contributed by atoms with van der Waals surface area (Å²) in [5, 5.41) is 5.72. The van der Waals surface area contributed by atoms with Crippen LogP contribution in [0, 0.1) is 11.7 Å². The molecule has 26 heavy (non-hydrogen) atoms. The van der Waals surface area contributed by atoms with E-state index in [1.807, 2.05) is 0 Å². The van der Waals surface area contributed by atoms with E-state index in [4.69, 9.17) is 0 Å². The standard InChI is InChI=1S/C18H17F2N3OS2/c1-10(2)13(20)15-14(23-18(26-15)17-21-7-8-25-17)16(24)22-9-11-3-5-12(19)6-4-11/h3-8,10,13H,9H2,1-2H3,(H,22,24). The molecule has 3 aromatic rings. The summed E-state index contributed by atoms with van der Waals surface area (Å²) in [6.45, 7) is 3.72. The second-order valence-corrected chi connectivity index (χ2v) is 7.95. The summed E-state index contributed by atoms with van der Waals surface area (Å²) in [5.74, 6) is -1.07. The van der Waals surface area contributed by atoms with Gasteiger partial charge in [0.15, 0.2) is 10.0 Å². The highest BCUT2D eigenvalue weighted by Crippen LogP contribution is 2.37. The average molecular weight is 393 g/mol. The first kappa shape index (κ1) is 18.6. The topological polar surface area (TPSA) is 54.9 Å². The van der Waals surface area contributed by atoms with E-state index in [-0.39, 0.29) is 24.0 Å². The van der Waals surface area contributed by atoms with Gasteiger partial charge in [-0.1, -0.05) is 26.0 Å². The minimum Gasteiger partial charge on any atom is -0.347 e. The van der Waals surface area contributed by atoms with Gasteiger partial charge in [-0.05, 0) is 23.6 Å². The number of aromatic nitrogens is 2. The Bertz CT molecular complexity index is 876. The summed E-state index contributed by atoms with van der Waals surface area (Å²) >= 11 is 2.55. The molecule has 0 fully saturated rings. The molecule has 0 radical (unpaired) electrons. The molecular formula is C18H17F2N3OS2. The molecule has 2 aromatic heterocycles. The summed E-state index contributed by atoms with van der Waals surface area (Å²) in [7, 11) is 0. The predicted molar refractivity (Wildman–Crippen MR) is 99.5 cm³/mol. The first-order chi connectivity index (χ1) is 12.5. The first-order valence-corrected chi connectivity index (χ1v) is 9.72. The quantitative estimate of drug-likeness (QED) is 0.641. The lowest BCUT2D eigenvalue weighted by molar-refractivity contribution is 0.0942. The molecule has 0 aliphatic heterocycles. The Balaban J connectivity index is 1.84. The second kappa shape index (κ2) is 8.01. The zero-order chi connectivity index (χ0) is 18.7. The van der Waals surface area contributed by atoms with E-state index < -0.39 is 12.1 Å². The maximum absolute atomic E-state index is 14.7. The Morgan fingerprint density at radius 2 is 1.96 bits per heavy atom. The minimum absolute atomic E-state index is 0.0866. The maximum atomic E-state index is 14.7. The SMILES string of the molecule is CC(C)C(F)c1sc(-c2nccs2)nc1C(=O)NCc1ccc(F)cc1. The van der Waals surface area contributed by atoms with Gasteiger partial charge < -0.3 is 5.32 Å². The van der Waals surface area contributed by atoms with E-state index in [1.54, 1.807) is 37.6 Å². The molecule has 1 N–H and O–H groups in total. The van der Waals surface area contributed by atoms with Gasteiger partial charge in [0.2, 0.25) is 0 Å². The third-order valence-electron chi connectivity index (χ3n) is 3.69. The van der Waals surface area contributed by atoms with Gasteiger partial charge in [-0.3, -0.25) is 4.79 Å². The predicted octanol–water partition coefficient (Wildman–Crippen LogP) is 5.00. The number of rotatable bonds is 6. The molecule has 1 amide bonds. The number of amides is 1. The number of alkyl halides is 1. The Kier molecular flexibility index (Phi) is 5.73. The number of carbonyl (C=O) groups is 1. The van der Waals surface area contributed by atoms with E-state index in [0.29, 0.717) is 14.9 Å². The van der Waals surface area contributed by atoms with Crippen LogP contribution in [0.25, 0.3) is 10.0 Å². The monoisotopic (exact) mass is 393 g/mol. The third kappa shape index (κ3) is 4.13. The van der Waals surface area contributed by atoms with Crippen molar-refractivity contribution in [3.8, 4) is 10.0 Å². The van der Waals surface area contributed by atoms with Crippen molar-refractivity contribution in [2.24, 2.45) is 5.92 Å². The molecule has 136 valence electrons. The van der Waals surface area contributed by atoms with Crippen LogP contribution in [0.5, 0.6) is 0 Å². The van der Waals surface area contributed by atoms with Crippen molar-refractivity contribution in [2.45, 2.75) is 26.6 Å². The van der Waals surface area contributed by atoms with Crippen LogP contribution >= 0.6 is 22.7 Å². The third-order valence-corrected chi connectivity index (χ3v) is 5.71. The normalized spacial score (nSPS) is 12.3. The van der Waals surface area contributed by atoms with Crippen LogP contribution in [0.15, 0.2) is 35.8 Å².